The Morgan fingerprint density at radius 1 is 1.06 bits per heavy atom. The molecule has 0 radical (unpaired) electrons. The Morgan fingerprint density at radius 3 is 2.66 bits per heavy atom. The summed E-state index contributed by atoms with van der Waals surface area (Å²) in [6, 6.07) is 3.07. The van der Waals surface area contributed by atoms with Crippen molar-refractivity contribution >= 4 is 33.2 Å². The number of nitrogens with zero attached hydrogens (tertiary/aromatic N) is 5. The van der Waals surface area contributed by atoms with Crippen LogP contribution in [-0.2, 0) is 0 Å². The van der Waals surface area contributed by atoms with Gasteiger partial charge in [0, 0.05) is 48.3 Å². The molecule has 0 aliphatic carbocycles. The number of rotatable bonds is 4. The van der Waals surface area contributed by atoms with Crippen LogP contribution in [0.1, 0.15) is 37.7 Å². The number of anilines is 2. The summed E-state index contributed by atoms with van der Waals surface area (Å²) in [7, 11) is 0. The largest absolute Gasteiger partial charge is 0.475 e. The first kappa shape index (κ1) is 32.4. The second-order valence-electron chi connectivity index (χ2n) is 13.2. The zero-order valence-electron chi connectivity index (χ0n) is 26.4. The van der Waals surface area contributed by atoms with Gasteiger partial charge in [0.2, 0.25) is 5.88 Å². The van der Waals surface area contributed by atoms with E-state index in [1.807, 2.05) is 4.90 Å². The number of hydrogen-bond donors (Lipinski definition) is 1. The van der Waals surface area contributed by atoms with Gasteiger partial charge >= 0.3 is 12.2 Å². The smallest absolute Gasteiger partial charge is 0.413 e. The molecule has 4 aliphatic heterocycles. The van der Waals surface area contributed by atoms with Crippen LogP contribution < -0.4 is 20.1 Å². The number of ether oxygens (including phenoxy) is 2. The van der Waals surface area contributed by atoms with Crippen molar-refractivity contribution in [1.82, 2.24) is 19.9 Å². The lowest BCUT2D eigenvalue weighted by Crippen LogP contribution is -2.44. The van der Waals surface area contributed by atoms with Gasteiger partial charge in [0.25, 0.3) is 0 Å². The van der Waals surface area contributed by atoms with Crippen LogP contribution in [0.25, 0.3) is 32.9 Å². The van der Waals surface area contributed by atoms with Crippen LogP contribution in [0.15, 0.2) is 29.8 Å². The van der Waals surface area contributed by atoms with Gasteiger partial charge < -0.3 is 20.1 Å². The Kier molecular flexibility index (Phi) is 7.52. The minimum absolute atomic E-state index is 0.0125. The van der Waals surface area contributed by atoms with Crippen LogP contribution >= 0.6 is 0 Å². The third kappa shape index (κ3) is 5.14. The van der Waals surface area contributed by atoms with E-state index < -0.39 is 59.6 Å². The van der Waals surface area contributed by atoms with Crippen molar-refractivity contribution in [1.29, 1.82) is 0 Å². The SMILES string of the molecule is C#Cc1c(F)c(F)cc2cc(N)cc(-c3nc4c5c(nc(OC[C@@]67C=C(C(F)(F)F)CN6C[C@H](F)C7)nc5c3F)N3CCCCC[C@H]3CO4)c12. The molecule has 8 rings (SSSR count). The van der Waals surface area contributed by atoms with E-state index in [0.717, 1.165) is 37.8 Å². The summed E-state index contributed by atoms with van der Waals surface area (Å²) in [5.41, 5.74) is 2.85. The molecule has 15 heteroatoms. The van der Waals surface area contributed by atoms with Gasteiger partial charge in [-0.05, 0) is 36.4 Å². The standard InChI is InChI=1S/C35H29F7N6O2/c1-2-22-25-17(9-24(37)27(22)38)8-20(43)10-23(25)29-28(39)30-26-31(48-7-5-3-4-6-21(48)15-49-32(26)44-29)46-33(45-30)50-16-34-11-18(35(40,41)42)13-47(34)14-19(36)12-34/h1,8-11,19,21H,3-7,12-16,43H2/t19-,21+,34+/m1/s1. The zero-order valence-corrected chi connectivity index (χ0v) is 26.4. The van der Waals surface area contributed by atoms with Gasteiger partial charge in [0.15, 0.2) is 17.5 Å². The van der Waals surface area contributed by atoms with E-state index in [0.29, 0.717) is 6.54 Å². The van der Waals surface area contributed by atoms with E-state index >= 15 is 4.39 Å². The molecule has 0 saturated carbocycles. The lowest BCUT2D eigenvalue weighted by molar-refractivity contribution is -0.0936. The van der Waals surface area contributed by atoms with Gasteiger partial charge in [0.05, 0.1) is 17.1 Å². The van der Waals surface area contributed by atoms with Gasteiger partial charge in [0.1, 0.15) is 41.8 Å². The minimum atomic E-state index is -4.60. The molecular formula is C35H29F7N6O2. The predicted octanol–water partition coefficient (Wildman–Crippen LogP) is 6.63. The maximum absolute atomic E-state index is 17.0. The highest BCUT2D eigenvalue weighted by molar-refractivity contribution is 6.05. The Balaban J connectivity index is 1.32. The van der Waals surface area contributed by atoms with Gasteiger partial charge in [-0.25, -0.2) is 22.5 Å². The maximum atomic E-state index is 17.0. The summed E-state index contributed by atoms with van der Waals surface area (Å²) in [6.07, 6.45) is 3.75. The quantitative estimate of drug-likeness (QED) is 0.110. The van der Waals surface area contributed by atoms with Gasteiger partial charge in [-0.15, -0.1) is 6.42 Å². The third-order valence-electron chi connectivity index (χ3n) is 10.1. The molecule has 2 saturated heterocycles. The number of hydrogen-bond acceptors (Lipinski definition) is 8. The zero-order chi connectivity index (χ0) is 35.1. The van der Waals surface area contributed by atoms with Crippen LogP contribution in [0.2, 0.25) is 0 Å². The highest BCUT2D eigenvalue weighted by atomic mass is 19.4. The van der Waals surface area contributed by atoms with E-state index in [4.69, 9.17) is 21.6 Å². The minimum Gasteiger partial charge on any atom is -0.475 e. The fourth-order valence-electron chi connectivity index (χ4n) is 7.79. The summed E-state index contributed by atoms with van der Waals surface area (Å²) in [5, 5.41) is 0.229. The lowest BCUT2D eigenvalue weighted by Gasteiger charge is -2.31. The van der Waals surface area contributed by atoms with Crippen LogP contribution in [0.4, 0.5) is 42.2 Å². The average molecular weight is 699 g/mol. The van der Waals surface area contributed by atoms with Crippen molar-refractivity contribution in [2.24, 2.45) is 0 Å². The monoisotopic (exact) mass is 698 g/mol. The number of alkyl halides is 4. The Bertz CT molecular complexity index is 2150. The van der Waals surface area contributed by atoms with Gasteiger partial charge in [-0.3, -0.25) is 4.90 Å². The summed E-state index contributed by atoms with van der Waals surface area (Å²) < 4.78 is 114. The third-order valence-corrected chi connectivity index (χ3v) is 10.1. The van der Waals surface area contributed by atoms with Crippen LogP contribution in [0.3, 0.4) is 0 Å². The number of terminal acetylenes is 1. The number of benzene rings is 2. The summed E-state index contributed by atoms with van der Waals surface area (Å²) in [6.45, 7) is -0.428. The van der Waals surface area contributed by atoms with E-state index in [2.05, 4.69) is 20.9 Å². The van der Waals surface area contributed by atoms with Crippen molar-refractivity contribution in [3.63, 3.8) is 0 Å². The number of nitrogen functional groups attached to an aromatic ring is 1. The fraction of sp³-hybridized carbons (Fsp3) is 0.400. The maximum Gasteiger partial charge on any atom is 0.413 e. The van der Waals surface area contributed by atoms with Crippen LogP contribution in [0.5, 0.6) is 11.9 Å². The number of halogens is 7. The first-order chi connectivity index (χ1) is 23.9. The molecule has 260 valence electrons. The fourth-order valence-corrected chi connectivity index (χ4v) is 7.79. The number of pyridine rings is 1. The van der Waals surface area contributed by atoms with Crippen molar-refractivity contribution in [2.45, 2.75) is 56.0 Å². The van der Waals surface area contributed by atoms with E-state index in [-0.39, 0.29) is 81.9 Å². The normalized spacial score (nSPS) is 23.6. The van der Waals surface area contributed by atoms with E-state index in [1.54, 1.807) is 0 Å². The predicted molar refractivity (Wildman–Crippen MR) is 171 cm³/mol. The van der Waals surface area contributed by atoms with Gasteiger partial charge in [-0.1, -0.05) is 24.8 Å². The second kappa shape index (κ2) is 11.6. The van der Waals surface area contributed by atoms with Crippen molar-refractivity contribution < 1.29 is 40.2 Å². The Hall–Kier alpha value is -4.84. The number of nitrogens with two attached hydrogens (primary N) is 1. The molecule has 3 atom stereocenters. The molecule has 2 aromatic heterocycles. The molecule has 2 N–H and O–H groups in total. The molecule has 4 aliphatic rings. The topological polar surface area (TPSA) is 89.6 Å². The van der Waals surface area contributed by atoms with Gasteiger partial charge in [-0.2, -0.15) is 23.1 Å². The second-order valence-corrected chi connectivity index (χ2v) is 13.2. The first-order valence-electron chi connectivity index (χ1n) is 16.2. The molecule has 2 aromatic carbocycles. The molecule has 8 nitrogen and oxygen atoms in total. The summed E-state index contributed by atoms with van der Waals surface area (Å²) >= 11 is 0. The molecule has 2 fully saturated rings. The molecule has 4 aromatic rings. The van der Waals surface area contributed by atoms with E-state index in [9.17, 15) is 26.3 Å². The van der Waals surface area contributed by atoms with Crippen LogP contribution in [0, 0.1) is 29.8 Å². The molecule has 6 heterocycles. The molecule has 0 unspecified atom stereocenters. The van der Waals surface area contributed by atoms with Crippen molar-refractivity contribution in [3.05, 3.63) is 52.9 Å². The molecule has 50 heavy (non-hydrogen) atoms. The average Bonchev–Trinajstić information content (AvgIpc) is 3.39. The number of aromatic nitrogens is 3. The Morgan fingerprint density at radius 2 is 1.88 bits per heavy atom. The highest BCUT2D eigenvalue weighted by Crippen LogP contribution is 2.46. The van der Waals surface area contributed by atoms with E-state index in [1.165, 1.54) is 17.0 Å². The van der Waals surface area contributed by atoms with Crippen molar-refractivity contribution in [3.8, 4) is 35.5 Å². The summed E-state index contributed by atoms with van der Waals surface area (Å²) in [4.78, 5) is 16.9. The summed E-state index contributed by atoms with van der Waals surface area (Å²) in [5.74, 6) is -1.13. The van der Waals surface area contributed by atoms with Crippen LogP contribution in [-0.4, -0.2) is 76.6 Å². The van der Waals surface area contributed by atoms with Crippen molar-refractivity contribution in [2.75, 3.05) is 43.5 Å². The molecule has 0 amide bonds. The molecular weight excluding hydrogens is 669 g/mol. The molecule has 0 bridgehead atoms. The first-order valence-corrected chi connectivity index (χ1v) is 16.2. The molecule has 0 spiro atoms. The lowest BCUT2D eigenvalue weighted by atomic mass is 9.95. The Labute approximate surface area is 281 Å². The number of fused-ring (bicyclic) bond motifs is 4. The highest BCUT2D eigenvalue weighted by Gasteiger charge is 2.53.